The maximum Gasteiger partial charge on any atom is 0.171 e. The summed E-state index contributed by atoms with van der Waals surface area (Å²) in [7, 11) is 0. The Bertz CT molecular complexity index is 514. The van der Waals surface area contributed by atoms with Gasteiger partial charge in [-0.3, -0.25) is 0 Å². The molecule has 0 unspecified atom stereocenters. The van der Waals surface area contributed by atoms with Gasteiger partial charge in [0.1, 0.15) is 5.82 Å². The molecule has 0 aromatic carbocycles. The Morgan fingerprint density at radius 2 is 1.87 bits per heavy atom. The average Bonchev–Trinajstić information content (AvgIpc) is 2.99. The molecule has 1 aliphatic carbocycles. The third kappa shape index (κ3) is 4.56. The van der Waals surface area contributed by atoms with Gasteiger partial charge in [-0.25, -0.2) is 4.98 Å². The molecule has 2 N–H and O–H groups in total. The summed E-state index contributed by atoms with van der Waals surface area (Å²) in [6.45, 7) is 6.86. The standard InChI is InChI=1S/C18H28N4S/c1-13-9-14(2)12-22(11-13)17-8-7-16(10-19-17)21-18(23)20-15-5-3-4-6-15/h7-8,10,13-15H,3-6,9,11-12H2,1-2H3,(H2,20,21,23)/t13-,14-/m0/s1. The highest BCUT2D eigenvalue weighted by molar-refractivity contribution is 7.80. The van der Waals surface area contributed by atoms with Crippen molar-refractivity contribution in [3.05, 3.63) is 18.3 Å². The summed E-state index contributed by atoms with van der Waals surface area (Å²) in [6.07, 6.45) is 8.28. The third-order valence-corrected chi connectivity index (χ3v) is 5.11. The highest BCUT2D eigenvalue weighted by atomic mass is 32.1. The van der Waals surface area contributed by atoms with E-state index in [1.54, 1.807) is 0 Å². The first kappa shape index (κ1) is 16.5. The van der Waals surface area contributed by atoms with Gasteiger partial charge < -0.3 is 15.5 Å². The molecule has 1 saturated heterocycles. The molecule has 1 aliphatic heterocycles. The Kier molecular flexibility index (Phi) is 5.36. The second kappa shape index (κ2) is 7.47. The van der Waals surface area contributed by atoms with E-state index in [2.05, 4.69) is 46.5 Å². The number of rotatable bonds is 3. The number of pyridine rings is 1. The molecule has 5 heteroatoms. The molecular weight excluding hydrogens is 304 g/mol. The van der Waals surface area contributed by atoms with Gasteiger partial charge >= 0.3 is 0 Å². The fourth-order valence-corrected chi connectivity index (χ4v) is 4.20. The fourth-order valence-electron chi connectivity index (χ4n) is 3.92. The van der Waals surface area contributed by atoms with Crippen molar-refractivity contribution in [3.8, 4) is 0 Å². The summed E-state index contributed by atoms with van der Waals surface area (Å²) in [5.41, 5.74) is 0.961. The van der Waals surface area contributed by atoms with E-state index in [0.717, 1.165) is 36.4 Å². The smallest absolute Gasteiger partial charge is 0.171 e. The zero-order valence-electron chi connectivity index (χ0n) is 14.2. The van der Waals surface area contributed by atoms with Crippen molar-refractivity contribution in [3.63, 3.8) is 0 Å². The molecule has 0 amide bonds. The van der Waals surface area contributed by atoms with Crippen LogP contribution in [0.25, 0.3) is 0 Å². The first-order valence-corrected chi connectivity index (χ1v) is 9.29. The van der Waals surface area contributed by atoms with E-state index in [1.165, 1.54) is 32.1 Å². The van der Waals surface area contributed by atoms with Crippen LogP contribution in [0.1, 0.15) is 46.0 Å². The summed E-state index contributed by atoms with van der Waals surface area (Å²) >= 11 is 5.40. The molecule has 4 nitrogen and oxygen atoms in total. The van der Waals surface area contributed by atoms with Crippen LogP contribution in [-0.2, 0) is 0 Å². The second-order valence-corrected chi connectivity index (χ2v) is 7.74. The zero-order chi connectivity index (χ0) is 16.2. The van der Waals surface area contributed by atoms with E-state index >= 15 is 0 Å². The van der Waals surface area contributed by atoms with Crippen LogP contribution >= 0.6 is 12.2 Å². The van der Waals surface area contributed by atoms with Gasteiger partial charge in [-0.15, -0.1) is 0 Å². The third-order valence-electron chi connectivity index (χ3n) is 4.89. The molecule has 126 valence electrons. The predicted molar refractivity (Wildman–Crippen MR) is 101 cm³/mol. The maximum absolute atomic E-state index is 5.40. The predicted octanol–water partition coefficient (Wildman–Crippen LogP) is 3.79. The summed E-state index contributed by atoms with van der Waals surface area (Å²) in [6, 6.07) is 4.72. The topological polar surface area (TPSA) is 40.2 Å². The lowest BCUT2D eigenvalue weighted by atomic mass is 9.92. The number of hydrogen-bond acceptors (Lipinski definition) is 3. The van der Waals surface area contributed by atoms with Crippen molar-refractivity contribution in [1.29, 1.82) is 0 Å². The van der Waals surface area contributed by atoms with Crippen molar-refractivity contribution >= 4 is 28.8 Å². The van der Waals surface area contributed by atoms with Crippen LogP contribution in [0.15, 0.2) is 18.3 Å². The Morgan fingerprint density at radius 1 is 1.17 bits per heavy atom. The van der Waals surface area contributed by atoms with Gasteiger partial charge in [-0.2, -0.15) is 0 Å². The van der Waals surface area contributed by atoms with Gasteiger partial charge in [0.25, 0.3) is 0 Å². The molecule has 2 fully saturated rings. The molecule has 1 aromatic heterocycles. The highest BCUT2D eigenvalue weighted by Gasteiger charge is 2.22. The van der Waals surface area contributed by atoms with E-state index in [9.17, 15) is 0 Å². The Balaban J connectivity index is 1.55. The van der Waals surface area contributed by atoms with E-state index in [0.29, 0.717) is 11.2 Å². The van der Waals surface area contributed by atoms with Crippen LogP contribution in [0.3, 0.4) is 0 Å². The molecule has 2 heterocycles. The molecule has 3 rings (SSSR count). The molecule has 2 atom stereocenters. The van der Waals surface area contributed by atoms with Crippen LogP contribution in [0.5, 0.6) is 0 Å². The molecule has 1 saturated carbocycles. The number of hydrogen-bond donors (Lipinski definition) is 2. The van der Waals surface area contributed by atoms with E-state index in [4.69, 9.17) is 12.2 Å². The average molecular weight is 333 g/mol. The zero-order valence-corrected chi connectivity index (χ0v) is 15.0. The molecule has 1 aromatic rings. The number of nitrogens with one attached hydrogen (secondary N) is 2. The van der Waals surface area contributed by atoms with Crippen molar-refractivity contribution in [1.82, 2.24) is 10.3 Å². The molecule has 0 spiro atoms. The molecule has 2 aliphatic rings. The minimum absolute atomic E-state index is 0.540. The van der Waals surface area contributed by atoms with E-state index in [1.807, 2.05) is 6.20 Å². The number of nitrogens with zero attached hydrogens (tertiary/aromatic N) is 2. The first-order valence-electron chi connectivity index (χ1n) is 8.88. The number of thiocarbonyl (C=S) groups is 1. The van der Waals surface area contributed by atoms with Crippen molar-refractivity contribution in [2.45, 2.75) is 52.0 Å². The van der Waals surface area contributed by atoms with Crippen molar-refractivity contribution in [2.24, 2.45) is 11.8 Å². The lowest BCUT2D eigenvalue weighted by molar-refractivity contribution is 0.355. The fraction of sp³-hybridized carbons (Fsp3) is 0.667. The quantitative estimate of drug-likeness (QED) is 0.824. The molecule has 23 heavy (non-hydrogen) atoms. The first-order chi connectivity index (χ1) is 11.1. The number of anilines is 2. The van der Waals surface area contributed by atoms with Crippen LogP contribution in [0, 0.1) is 11.8 Å². The monoisotopic (exact) mass is 332 g/mol. The van der Waals surface area contributed by atoms with E-state index in [-0.39, 0.29) is 0 Å². The Labute approximate surface area is 145 Å². The minimum Gasteiger partial charge on any atom is -0.360 e. The van der Waals surface area contributed by atoms with Crippen molar-refractivity contribution in [2.75, 3.05) is 23.3 Å². The number of piperidine rings is 1. The molecule has 0 radical (unpaired) electrons. The SMILES string of the molecule is C[C@H]1C[C@H](C)CN(c2ccc(NC(=S)NC3CCCC3)cn2)C1. The summed E-state index contributed by atoms with van der Waals surface area (Å²) in [4.78, 5) is 7.03. The van der Waals surface area contributed by atoms with Crippen LogP contribution in [-0.4, -0.2) is 29.2 Å². The normalized spacial score (nSPS) is 25.4. The van der Waals surface area contributed by atoms with Crippen LogP contribution in [0.2, 0.25) is 0 Å². The van der Waals surface area contributed by atoms with Crippen molar-refractivity contribution < 1.29 is 0 Å². The summed E-state index contributed by atoms with van der Waals surface area (Å²) in [5.74, 6) is 2.55. The summed E-state index contributed by atoms with van der Waals surface area (Å²) < 4.78 is 0. The van der Waals surface area contributed by atoms with Gasteiger partial charge in [0.15, 0.2) is 5.11 Å². The number of aromatic nitrogens is 1. The highest BCUT2D eigenvalue weighted by Crippen LogP contribution is 2.25. The van der Waals surface area contributed by atoms with Crippen LogP contribution in [0.4, 0.5) is 11.5 Å². The lowest BCUT2D eigenvalue weighted by Crippen LogP contribution is -2.39. The second-order valence-electron chi connectivity index (χ2n) is 7.34. The van der Waals surface area contributed by atoms with Gasteiger partial charge in [-0.05, 0) is 55.4 Å². The van der Waals surface area contributed by atoms with Gasteiger partial charge in [0.2, 0.25) is 0 Å². The maximum atomic E-state index is 5.40. The Hall–Kier alpha value is -1.36. The molecule has 0 bridgehead atoms. The van der Waals surface area contributed by atoms with Gasteiger partial charge in [0.05, 0.1) is 11.9 Å². The molecular formula is C18H28N4S. The van der Waals surface area contributed by atoms with Gasteiger partial charge in [0, 0.05) is 19.1 Å². The largest absolute Gasteiger partial charge is 0.360 e. The summed E-state index contributed by atoms with van der Waals surface area (Å²) in [5, 5.41) is 7.37. The van der Waals surface area contributed by atoms with Gasteiger partial charge in [-0.1, -0.05) is 26.7 Å². The van der Waals surface area contributed by atoms with E-state index < -0.39 is 0 Å². The van der Waals surface area contributed by atoms with Crippen LogP contribution < -0.4 is 15.5 Å². The minimum atomic E-state index is 0.540. The lowest BCUT2D eigenvalue weighted by Gasteiger charge is -2.35. The Morgan fingerprint density at radius 3 is 2.48 bits per heavy atom.